The Hall–Kier alpha value is -3.38. The maximum atomic E-state index is 10.2. The van der Waals surface area contributed by atoms with Crippen LogP contribution >= 0.6 is 0 Å². The van der Waals surface area contributed by atoms with Crippen molar-refractivity contribution < 1.29 is 14.6 Å². The highest BCUT2D eigenvalue weighted by Crippen LogP contribution is 2.23. The molecule has 0 bridgehead atoms. The van der Waals surface area contributed by atoms with Crippen molar-refractivity contribution in [2.45, 2.75) is 46.8 Å². The van der Waals surface area contributed by atoms with Crippen molar-refractivity contribution in [2.24, 2.45) is 0 Å². The number of carboxylic acids is 1. The van der Waals surface area contributed by atoms with Gasteiger partial charge in [0.25, 0.3) is 0 Å². The van der Waals surface area contributed by atoms with Gasteiger partial charge in [-0.05, 0) is 68.7 Å². The predicted octanol–water partition coefficient (Wildman–Crippen LogP) is 5.48. The first-order valence-corrected chi connectivity index (χ1v) is 10.6. The number of carboxylic acid groups (broad SMARTS) is 1. The summed E-state index contributed by atoms with van der Waals surface area (Å²) in [5.41, 5.74) is 10.1. The fraction of sp³-hybridized carbons (Fsp3) is 0.308. The normalized spacial score (nSPS) is 10.8. The molecule has 1 aromatic carbocycles. The number of benzene rings is 1. The van der Waals surface area contributed by atoms with Crippen LogP contribution in [0, 0.1) is 0 Å². The number of hydrogen-bond acceptors (Lipinski definition) is 5. The summed E-state index contributed by atoms with van der Waals surface area (Å²) in [5, 5.41) is 11.9. The Labute approximate surface area is 191 Å². The minimum Gasteiger partial charge on any atom is -0.491 e. The van der Waals surface area contributed by atoms with E-state index in [4.69, 9.17) is 15.6 Å². The van der Waals surface area contributed by atoms with E-state index in [9.17, 15) is 4.79 Å². The average Bonchev–Trinajstić information content (AvgIpc) is 2.73. The van der Waals surface area contributed by atoms with Crippen LogP contribution in [-0.2, 0) is 6.54 Å². The molecule has 1 heterocycles. The van der Waals surface area contributed by atoms with E-state index in [1.165, 1.54) is 29.5 Å². The standard InChI is InChI=1S/C20H29NO.C6H6N2O2/c1-7-9-17(8-2)13-21-14-18-10-19(15(3)4)12-20(11-18)22-16(5)6;7-5-2-1-4(3-8-5)6(9)10/h7,9-12,16,21H,1,3,8,13-14H2,2,4-6H3;1-3H,(H2,7,8)(H,9,10)/b17-9+;. The van der Waals surface area contributed by atoms with Crippen molar-refractivity contribution >= 4 is 17.4 Å². The number of nitrogens with one attached hydrogen (secondary N) is 1. The lowest BCUT2D eigenvalue weighted by atomic mass is 10.0. The van der Waals surface area contributed by atoms with Crippen LogP contribution in [0.15, 0.2) is 67.4 Å². The lowest BCUT2D eigenvalue weighted by Crippen LogP contribution is -2.16. The number of nitrogen functional groups attached to an aromatic ring is 1. The van der Waals surface area contributed by atoms with Crippen LogP contribution in [-0.4, -0.2) is 28.7 Å². The molecular weight excluding hydrogens is 402 g/mol. The van der Waals surface area contributed by atoms with Gasteiger partial charge in [0.15, 0.2) is 0 Å². The van der Waals surface area contributed by atoms with Gasteiger partial charge < -0.3 is 20.9 Å². The van der Waals surface area contributed by atoms with Crippen molar-refractivity contribution in [2.75, 3.05) is 12.3 Å². The van der Waals surface area contributed by atoms with Crippen molar-refractivity contribution in [1.29, 1.82) is 0 Å². The van der Waals surface area contributed by atoms with Gasteiger partial charge in [0.2, 0.25) is 0 Å². The Kier molecular flexibility index (Phi) is 11.5. The molecule has 1 aromatic heterocycles. The highest BCUT2D eigenvalue weighted by Gasteiger charge is 2.05. The van der Waals surface area contributed by atoms with E-state index in [1.807, 2.05) is 26.8 Å². The van der Waals surface area contributed by atoms with Crippen molar-refractivity contribution in [3.05, 3.63) is 84.1 Å². The molecule has 0 aliphatic carbocycles. The first-order chi connectivity index (χ1) is 15.2. The largest absolute Gasteiger partial charge is 0.491 e. The number of rotatable bonds is 10. The second-order valence-electron chi connectivity index (χ2n) is 7.61. The number of pyridine rings is 1. The molecule has 6 heteroatoms. The number of aromatic nitrogens is 1. The Morgan fingerprint density at radius 1 is 1.28 bits per heavy atom. The van der Waals surface area contributed by atoms with Crippen molar-refractivity contribution in [1.82, 2.24) is 10.3 Å². The molecule has 0 atom stereocenters. The zero-order valence-corrected chi connectivity index (χ0v) is 19.5. The summed E-state index contributed by atoms with van der Waals surface area (Å²) in [4.78, 5) is 13.8. The zero-order chi connectivity index (χ0) is 24.1. The molecular formula is C26H35N3O3. The summed E-state index contributed by atoms with van der Waals surface area (Å²) in [5.74, 6) is 0.238. The summed E-state index contributed by atoms with van der Waals surface area (Å²) in [7, 11) is 0. The SMILES string of the molecule is C=C/C=C(\CC)CNCc1cc(OC(C)C)cc(C(=C)C)c1.Nc1ccc(C(=O)O)cn1. The first kappa shape index (κ1) is 26.7. The predicted molar refractivity (Wildman–Crippen MR) is 133 cm³/mol. The molecule has 0 saturated heterocycles. The number of hydrogen-bond donors (Lipinski definition) is 3. The third-order valence-corrected chi connectivity index (χ3v) is 4.35. The molecule has 0 radical (unpaired) electrons. The van der Waals surface area contributed by atoms with E-state index in [-0.39, 0.29) is 11.7 Å². The molecule has 6 nitrogen and oxygen atoms in total. The minimum absolute atomic E-state index is 0.147. The lowest BCUT2D eigenvalue weighted by molar-refractivity contribution is 0.0696. The van der Waals surface area contributed by atoms with Crippen LogP contribution in [0.25, 0.3) is 5.57 Å². The Bertz CT molecular complexity index is 932. The average molecular weight is 438 g/mol. The Morgan fingerprint density at radius 3 is 2.50 bits per heavy atom. The van der Waals surface area contributed by atoms with E-state index in [2.05, 4.69) is 54.7 Å². The molecule has 0 unspecified atom stereocenters. The van der Waals surface area contributed by atoms with E-state index in [0.29, 0.717) is 5.82 Å². The quantitative estimate of drug-likeness (QED) is 0.426. The van der Waals surface area contributed by atoms with Gasteiger partial charge >= 0.3 is 5.97 Å². The molecule has 0 aliphatic heterocycles. The fourth-order valence-corrected chi connectivity index (χ4v) is 2.72. The van der Waals surface area contributed by atoms with Crippen LogP contribution in [0.1, 0.15) is 55.6 Å². The van der Waals surface area contributed by atoms with E-state index < -0.39 is 5.97 Å². The summed E-state index contributed by atoms with van der Waals surface area (Å²) in [6.07, 6.45) is 6.34. The molecule has 2 rings (SSSR count). The highest BCUT2D eigenvalue weighted by atomic mass is 16.5. The summed E-state index contributed by atoms with van der Waals surface area (Å²) in [6, 6.07) is 9.18. The minimum atomic E-state index is -0.993. The highest BCUT2D eigenvalue weighted by molar-refractivity contribution is 5.87. The van der Waals surface area contributed by atoms with Crippen LogP contribution < -0.4 is 15.8 Å². The van der Waals surface area contributed by atoms with Gasteiger partial charge in [-0.3, -0.25) is 0 Å². The molecule has 0 amide bonds. The van der Waals surface area contributed by atoms with E-state index in [1.54, 1.807) is 0 Å². The van der Waals surface area contributed by atoms with E-state index >= 15 is 0 Å². The second-order valence-corrected chi connectivity index (χ2v) is 7.61. The lowest BCUT2D eigenvalue weighted by Gasteiger charge is -2.14. The van der Waals surface area contributed by atoms with Crippen LogP contribution in [0.3, 0.4) is 0 Å². The smallest absolute Gasteiger partial charge is 0.337 e. The number of aromatic carboxylic acids is 1. The second kappa shape index (κ2) is 13.8. The molecule has 172 valence electrons. The maximum absolute atomic E-state index is 10.2. The van der Waals surface area contributed by atoms with Gasteiger partial charge in [-0.2, -0.15) is 0 Å². The van der Waals surface area contributed by atoms with Gasteiger partial charge in [0.05, 0.1) is 11.7 Å². The number of nitrogens with two attached hydrogens (primary N) is 1. The number of ether oxygens (including phenoxy) is 1. The van der Waals surface area contributed by atoms with Gasteiger partial charge in [-0.25, -0.2) is 9.78 Å². The third kappa shape index (κ3) is 10.1. The molecule has 0 aliphatic rings. The van der Waals surface area contributed by atoms with Crippen molar-refractivity contribution in [3.8, 4) is 5.75 Å². The fourth-order valence-electron chi connectivity index (χ4n) is 2.72. The number of allylic oxidation sites excluding steroid dienone is 3. The molecule has 32 heavy (non-hydrogen) atoms. The summed E-state index contributed by atoms with van der Waals surface area (Å²) < 4.78 is 5.84. The van der Waals surface area contributed by atoms with E-state index in [0.717, 1.165) is 36.4 Å². The van der Waals surface area contributed by atoms with Crippen molar-refractivity contribution in [3.63, 3.8) is 0 Å². The number of carbonyl (C=O) groups is 1. The van der Waals surface area contributed by atoms with Gasteiger partial charge in [0.1, 0.15) is 11.6 Å². The topological polar surface area (TPSA) is 97.5 Å². The van der Waals surface area contributed by atoms with Gasteiger partial charge in [-0.15, -0.1) is 0 Å². The van der Waals surface area contributed by atoms with Gasteiger partial charge in [0, 0.05) is 19.3 Å². The third-order valence-electron chi connectivity index (χ3n) is 4.35. The first-order valence-electron chi connectivity index (χ1n) is 10.6. The number of nitrogens with zero attached hydrogens (tertiary/aromatic N) is 1. The maximum Gasteiger partial charge on any atom is 0.337 e. The van der Waals surface area contributed by atoms with Gasteiger partial charge in [-0.1, -0.05) is 43.4 Å². The molecule has 2 aromatic rings. The number of anilines is 1. The zero-order valence-electron chi connectivity index (χ0n) is 19.5. The molecule has 4 N–H and O–H groups in total. The molecule has 0 spiro atoms. The monoisotopic (exact) mass is 437 g/mol. The summed E-state index contributed by atoms with van der Waals surface area (Å²) >= 11 is 0. The van der Waals surface area contributed by atoms with Crippen LogP contribution in [0.5, 0.6) is 5.75 Å². The Morgan fingerprint density at radius 2 is 2.00 bits per heavy atom. The van der Waals surface area contributed by atoms with Crippen LogP contribution in [0.4, 0.5) is 5.82 Å². The molecule has 0 saturated carbocycles. The summed E-state index contributed by atoms with van der Waals surface area (Å²) in [6.45, 7) is 17.7. The van der Waals surface area contributed by atoms with Crippen LogP contribution in [0.2, 0.25) is 0 Å². The Balaban J connectivity index is 0.000000425. The molecule has 0 fully saturated rings.